The molecule has 0 bridgehead atoms. The van der Waals surface area contributed by atoms with Gasteiger partial charge < -0.3 is 4.74 Å². The van der Waals surface area contributed by atoms with Gasteiger partial charge in [0.05, 0.1) is 4.92 Å². The van der Waals surface area contributed by atoms with E-state index in [9.17, 15) is 10.1 Å². The van der Waals surface area contributed by atoms with E-state index in [0.29, 0.717) is 3.92 Å². The smallest absolute Gasteiger partial charge is 0.311 e. The summed E-state index contributed by atoms with van der Waals surface area (Å²) in [4.78, 5) is 10.2. The molecule has 1 aromatic carbocycles. The van der Waals surface area contributed by atoms with E-state index in [1.165, 1.54) is 12.1 Å². The second-order valence-corrected chi connectivity index (χ2v) is 4.86. The van der Waals surface area contributed by atoms with E-state index in [-0.39, 0.29) is 16.6 Å². The van der Waals surface area contributed by atoms with Crippen LogP contribution in [0.2, 0.25) is 0 Å². The Labute approximate surface area is 102 Å². The van der Waals surface area contributed by atoms with Gasteiger partial charge >= 0.3 is 10.9 Å². The van der Waals surface area contributed by atoms with Crippen molar-refractivity contribution < 1.29 is 9.66 Å². The first-order chi connectivity index (χ1) is 7.66. The minimum Gasteiger partial charge on any atom is -0.422 e. The first-order valence-corrected chi connectivity index (χ1v) is 5.68. The molecule has 0 aliphatic carbocycles. The highest BCUT2D eigenvalue weighted by atomic mass is 79.9. The van der Waals surface area contributed by atoms with Gasteiger partial charge in [-0.3, -0.25) is 10.1 Å². The van der Waals surface area contributed by atoms with Crippen molar-refractivity contribution in [3.8, 4) is 10.9 Å². The minimum atomic E-state index is -0.509. The summed E-state index contributed by atoms with van der Waals surface area (Å²) in [5, 5.41) is 18.3. The molecular weight excluding hydrogens is 298 g/mol. The fourth-order valence-corrected chi connectivity index (χ4v) is 1.96. The quantitative estimate of drug-likeness (QED) is 0.643. The molecule has 0 atom stereocenters. The standard InChI is InChI=1S/C8H4BrN3O3S/c9-7-10-11-8(16-7)15-6-4-2-1-3-5(6)12(13)14/h1-4H. The molecule has 82 valence electrons. The molecule has 6 nitrogen and oxygen atoms in total. The summed E-state index contributed by atoms with van der Waals surface area (Å²) in [6.45, 7) is 0. The Hall–Kier alpha value is -1.54. The fourth-order valence-electron chi connectivity index (χ4n) is 1.02. The Morgan fingerprint density at radius 1 is 1.38 bits per heavy atom. The molecule has 0 N–H and O–H groups in total. The van der Waals surface area contributed by atoms with Gasteiger partial charge in [-0.2, -0.15) is 0 Å². The number of para-hydroxylation sites is 2. The molecule has 16 heavy (non-hydrogen) atoms. The molecule has 0 radical (unpaired) electrons. The average molecular weight is 302 g/mol. The van der Waals surface area contributed by atoms with Crippen LogP contribution >= 0.6 is 27.3 Å². The number of nitro groups is 1. The maximum atomic E-state index is 10.7. The van der Waals surface area contributed by atoms with E-state index in [4.69, 9.17) is 4.74 Å². The first kappa shape index (κ1) is 11.0. The van der Waals surface area contributed by atoms with Gasteiger partial charge in [0.2, 0.25) is 5.75 Å². The van der Waals surface area contributed by atoms with Crippen LogP contribution in [-0.2, 0) is 0 Å². The van der Waals surface area contributed by atoms with Crippen LogP contribution in [0.5, 0.6) is 10.9 Å². The van der Waals surface area contributed by atoms with E-state index in [0.717, 1.165) is 11.3 Å². The van der Waals surface area contributed by atoms with Crippen LogP contribution in [0.25, 0.3) is 0 Å². The monoisotopic (exact) mass is 301 g/mol. The minimum absolute atomic E-state index is 0.103. The molecule has 0 spiro atoms. The van der Waals surface area contributed by atoms with Gasteiger partial charge in [-0.05, 0) is 33.3 Å². The van der Waals surface area contributed by atoms with Gasteiger partial charge in [0, 0.05) is 6.07 Å². The number of halogens is 1. The number of rotatable bonds is 3. The van der Waals surface area contributed by atoms with Crippen LogP contribution in [0.1, 0.15) is 0 Å². The molecule has 0 saturated heterocycles. The van der Waals surface area contributed by atoms with E-state index in [2.05, 4.69) is 26.1 Å². The lowest BCUT2D eigenvalue weighted by Gasteiger charge is -2.00. The Bertz CT molecular complexity index is 531. The Morgan fingerprint density at radius 2 is 2.12 bits per heavy atom. The number of benzene rings is 1. The predicted octanol–water partition coefficient (Wildman–Crippen LogP) is 3.00. The van der Waals surface area contributed by atoms with Crippen LogP contribution in [0.3, 0.4) is 0 Å². The van der Waals surface area contributed by atoms with Crippen molar-refractivity contribution in [2.45, 2.75) is 0 Å². The van der Waals surface area contributed by atoms with Gasteiger partial charge in [-0.15, -0.1) is 5.10 Å². The zero-order chi connectivity index (χ0) is 11.5. The van der Waals surface area contributed by atoms with E-state index in [1.54, 1.807) is 12.1 Å². The summed E-state index contributed by atoms with van der Waals surface area (Å²) in [5.41, 5.74) is -0.103. The van der Waals surface area contributed by atoms with Gasteiger partial charge in [0.1, 0.15) is 0 Å². The zero-order valence-electron chi connectivity index (χ0n) is 7.66. The van der Waals surface area contributed by atoms with Crippen molar-refractivity contribution in [2.75, 3.05) is 0 Å². The summed E-state index contributed by atoms with van der Waals surface area (Å²) in [5.74, 6) is 0.149. The summed E-state index contributed by atoms with van der Waals surface area (Å²) < 4.78 is 5.82. The summed E-state index contributed by atoms with van der Waals surface area (Å²) in [6, 6.07) is 6.10. The maximum Gasteiger partial charge on any atom is 0.311 e. The Morgan fingerprint density at radius 3 is 2.75 bits per heavy atom. The lowest BCUT2D eigenvalue weighted by atomic mass is 10.3. The molecule has 0 unspecified atom stereocenters. The number of nitrogens with zero attached hydrogens (tertiary/aromatic N) is 3. The molecule has 0 aliphatic rings. The molecule has 1 aromatic heterocycles. The van der Waals surface area contributed by atoms with Crippen molar-refractivity contribution in [3.05, 3.63) is 38.3 Å². The molecular formula is C8H4BrN3O3S. The summed E-state index contributed by atoms with van der Waals surface area (Å²) in [6.07, 6.45) is 0. The highest BCUT2D eigenvalue weighted by Gasteiger charge is 2.15. The van der Waals surface area contributed by atoms with Crippen molar-refractivity contribution in [2.24, 2.45) is 0 Å². The molecule has 1 heterocycles. The van der Waals surface area contributed by atoms with Crippen LogP contribution in [0.15, 0.2) is 28.2 Å². The van der Waals surface area contributed by atoms with Crippen molar-refractivity contribution in [1.82, 2.24) is 10.2 Å². The predicted molar refractivity (Wildman–Crippen MR) is 60.8 cm³/mol. The van der Waals surface area contributed by atoms with Crippen LogP contribution in [-0.4, -0.2) is 15.1 Å². The Balaban J connectivity index is 2.31. The second-order valence-electron chi connectivity index (χ2n) is 2.65. The molecule has 0 fully saturated rings. The molecule has 8 heteroatoms. The highest BCUT2D eigenvalue weighted by molar-refractivity contribution is 9.11. The molecule has 2 rings (SSSR count). The van der Waals surface area contributed by atoms with Crippen LogP contribution in [0.4, 0.5) is 5.69 Å². The normalized spacial score (nSPS) is 10.1. The zero-order valence-corrected chi connectivity index (χ0v) is 10.1. The Kier molecular flexibility index (Phi) is 3.11. The van der Waals surface area contributed by atoms with Crippen molar-refractivity contribution >= 4 is 33.0 Å². The first-order valence-electron chi connectivity index (χ1n) is 4.07. The van der Waals surface area contributed by atoms with E-state index >= 15 is 0 Å². The highest BCUT2D eigenvalue weighted by Crippen LogP contribution is 2.33. The number of hydrogen-bond donors (Lipinski definition) is 0. The molecule has 0 amide bonds. The van der Waals surface area contributed by atoms with Crippen LogP contribution in [0, 0.1) is 10.1 Å². The molecule has 0 aliphatic heterocycles. The lowest BCUT2D eigenvalue weighted by Crippen LogP contribution is -1.92. The number of aromatic nitrogens is 2. The van der Waals surface area contributed by atoms with Crippen molar-refractivity contribution in [3.63, 3.8) is 0 Å². The topological polar surface area (TPSA) is 78.2 Å². The molecule has 2 aromatic rings. The summed E-state index contributed by atoms with van der Waals surface area (Å²) in [7, 11) is 0. The van der Waals surface area contributed by atoms with Gasteiger partial charge in [-0.1, -0.05) is 17.2 Å². The maximum absolute atomic E-state index is 10.7. The fraction of sp³-hybridized carbons (Fsp3) is 0. The average Bonchev–Trinajstić information content (AvgIpc) is 2.64. The van der Waals surface area contributed by atoms with Crippen LogP contribution < -0.4 is 4.74 Å². The number of hydrogen-bond acceptors (Lipinski definition) is 6. The third-order valence-electron chi connectivity index (χ3n) is 1.64. The van der Waals surface area contributed by atoms with Gasteiger partial charge in [-0.25, -0.2) is 0 Å². The van der Waals surface area contributed by atoms with Gasteiger partial charge in [0.25, 0.3) is 0 Å². The third kappa shape index (κ3) is 2.34. The second kappa shape index (κ2) is 4.54. The largest absolute Gasteiger partial charge is 0.422 e. The third-order valence-corrected chi connectivity index (χ3v) is 2.87. The van der Waals surface area contributed by atoms with Crippen molar-refractivity contribution in [1.29, 1.82) is 0 Å². The lowest BCUT2D eigenvalue weighted by molar-refractivity contribution is -0.385. The van der Waals surface area contributed by atoms with E-state index in [1.807, 2.05) is 0 Å². The summed E-state index contributed by atoms with van der Waals surface area (Å²) >= 11 is 4.28. The SMILES string of the molecule is O=[N+]([O-])c1ccccc1Oc1nnc(Br)s1. The van der Waals surface area contributed by atoms with Gasteiger partial charge in [0.15, 0.2) is 3.92 Å². The number of nitro benzene ring substituents is 1. The number of ether oxygens (including phenoxy) is 1. The van der Waals surface area contributed by atoms with E-state index < -0.39 is 4.92 Å². The molecule has 0 saturated carbocycles.